The molecule has 0 aromatic carbocycles. The third-order valence-electron chi connectivity index (χ3n) is 3.12. The van der Waals surface area contributed by atoms with Crippen molar-refractivity contribution >= 4 is 5.97 Å². The molecule has 0 radical (unpaired) electrons. The topological polar surface area (TPSA) is 54.0 Å². The van der Waals surface area contributed by atoms with Crippen LogP contribution >= 0.6 is 0 Å². The van der Waals surface area contributed by atoms with Gasteiger partial charge in [-0.15, -0.1) is 0 Å². The molecule has 17 heavy (non-hydrogen) atoms. The molecule has 0 amide bonds. The van der Waals surface area contributed by atoms with E-state index >= 15 is 0 Å². The third-order valence-corrected chi connectivity index (χ3v) is 3.12. The predicted molar refractivity (Wildman–Crippen MR) is 59.1 cm³/mol. The van der Waals surface area contributed by atoms with Crippen LogP contribution in [0, 0.1) is 0 Å². The van der Waals surface area contributed by atoms with Crippen LogP contribution in [0.2, 0.25) is 0 Å². The van der Waals surface area contributed by atoms with E-state index < -0.39 is 11.9 Å². The number of esters is 1. The number of hydrogen-bond acceptors (Lipinski definition) is 5. The molecule has 5 heteroatoms. The van der Waals surface area contributed by atoms with Crippen molar-refractivity contribution in [3.05, 3.63) is 12.2 Å². The molecule has 1 aliphatic heterocycles. The first-order valence-electron chi connectivity index (χ1n) is 5.81. The van der Waals surface area contributed by atoms with Crippen LogP contribution in [0.15, 0.2) is 12.2 Å². The van der Waals surface area contributed by atoms with Crippen LogP contribution in [-0.2, 0) is 23.7 Å². The minimum absolute atomic E-state index is 0.0285. The second kappa shape index (κ2) is 5.16. The summed E-state index contributed by atoms with van der Waals surface area (Å²) >= 11 is 0. The maximum absolute atomic E-state index is 10.9. The lowest BCUT2D eigenvalue weighted by molar-refractivity contribution is -0.203. The average Bonchev–Trinajstić information content (AvgIpc) is 2.84. The Morgan fingerprint density at radius 2 is 2.41 bits per heavy atom. The Hall–Kier alpha value is -0.910. The Morgan fingerprint density at radius 3 is 3.12 bits per heavy atom. The number of carbonyl (C=O) groups is 1. The summed E-state index contributed by atoms with van der Waals surface area (Å²) in [6, 6.07) is 0. The Kier molecular flexibility index (Phi) is 3.81. The SMILES string of the molecule is COCO[C@H]1CCC[C@]12C=CC(OC(C)=O)O2. The first-order valence-corrected chi connectivity index (χ1v) is 5.81. The molecule has 96 valence electrons. The van der Waals surface area contributed by atoms with Gasteiger partial charge in [-0.3, -0.25) is 4.79 Å². The van der Waals surface area contributed by atoms with Crippen molar-refractivity contribution in [2.45, 2.75) is 44.2 Å². The average molecular weight is 242 g/mol. The number of ether oxygens (including phenoxy) is 4. The fourth-order valence-corrected chi connectivity index (χ4v) is 2.43. The highest BCUT2D eigenvalue weighted by atomic mass is 16.7. The Morgan fingerprint density at radius 1 is 1.59 bits per heavy atom. The van der Waals surface area contributed by atoms with Gasteiger partial charge in [0.15, 0.2) is 0 Å². The van der Waals surface area contributed by atoms with E-state index in [1.807, 2.05) is 6.08 Å². The Balaban J connectivity index is 1.96. The molecular weight excluding hydrogens is 224 g/mol. The molecule has 1 saturated carbocycles. The highest BCUT2D eigenvalue weighted by molar-refractivity contribution is 5.66. The molecular formula is C12H18O5. The normalized spacial score (nSPS) is 35.6. The summed E-state index contributed by atoms with van der Waals surface area (Å²) in [5.41, 5.74) is -0.446. The number of hydrogen-bond donors (Lipinski definition) is 0. The summed E-state index contributed by atoms with van der Waals surface area (Å²) in [6.07, 6.45) is 5.96. The molecule has 5 nitrogen and oxygen atoms in total. The van der Waals surface area contributed by atoms with Crippen molar-refractivity contribution < 1.29 is 23.7 Å². The molecule has 0 N–H and O–H groups in total. The molecule has 3 atom stereocenters. The molecule has 1 aliphatic carbocycles. The highest BCUT2D eigenvalue weighted by Gasteiger charge is 2.47. The molecule has 0 aromatic heterocycles. The Bertz CT molecular complexity index is 314. The van der Waals surface area contributed by atoms with Crippen LogP contribution in [0.1, 0.15) is 26.2 Å². The van der Waals surface area contributed by atoms with E-state index in [-0.39, 0.29) is 18.9 Å². The summed E-state index contributed by atoms with van der Waals surface area (Å²) in [6.45, 7) is 1.62. The zero-order valence-electron chi connectivity index (χ0n) is 10.2. The zero-order valence-corrected chi connectivity index (χ0v) is 10.2. The van der Waals surface area contributed by atoms with Gasteiger partial charge in [0, 0.05) is 14.0 Å². The molecule has 0 bridgehead atoms. The number of carbonyl (C=O) groups excluding carboxylic acids is 1. The fraction of sp³-hybridized carbons (Fsp3) is 0.750. The van der Waals surface area contributed by atoms with E-state index in [0.29, 0.717) is 0 Å². The van der Waals surface area contributed by atoms with Crippen LogP contribution in [-0.4, -0.2) is 37.9 Å². The highest BCUT2D eigenvalue weighted by Crippen LogP contribution is 2.41. The molecule has 1 fully saturated rings. The van der Waals surface area contributed by atoms with Gasteiger partial charge in [-0.05, 0) is 31.4 Å². The summed E-state index contributed by atoms with van der Waals surface area (Å²) in [4.78, 5) is 10.9. The summed E-state index contributed by atoms with van der Waals surface area (Å²) < 4.78 is 21.3. The molecule has 2 aliphatic rings. The monoisotopic (exact) mass is 242 g/mol. The van der Waals surface area contributed by atoms with E-state index in [2.05, 4.69) is 0 Å². The van der Waals surface area contributed by atoms with Gasteiger partial charge in [-0.2, -0.15) is 0 Å². The molecule has 2 rings (SSSR count). The van der Waals surface area contributed by atoms with Gasteiger partial charge in [-0.1, -0.05) is 0 Å². The van der Waals surface area contributed by atoms with E-state index in [0.717, 1.165) is 19.3 Å². The fourth-order valence-electron chi connectivity index (χ4n) is 2.43. The second-order valence-electron chi connectivity index (χ2n) is 4.36. The Labute approximate surface area is 101 Å². The van der Waals surface area contributed by atoms with E-state index in [4.69, 9.17) is 18.9 Å². The zero-order chi connectivity index (χ0) is 12.3. The first kappa shape index (κ1) is 12.5. The maximum atomic E-state index is 10.9. The van der Waals surface area contributed by atoms with Crippen molar-refractivity contribution in [3.63, 3.8) is 0 Å². The summed E-state index contributed by atoms with van der Waals surface area (Å²) in [5.74, 6) is -0.343. The molecule has 1 heterocycles. The molecule has 0 saturated heterocycles. The minimum atomic E-state index is -0.584. The predicted octanol–water partition coefficient (Wildman–Crippen LogP) is 1.37. The molecule has 1 spiro atoms. The van der Waals surface area contributed by atoms with Crippen LogP contribution in [0.5, 0.6) is 0 Å². The smallest absolute Gasteiger partial charge is 0.305 e. The quantitative estimate of drug-likeness (QED) is 0.423. The lowest BCUT2D eigenvalue weighted by Crippen LogP contribution is -2.40. The minimum Gasteiger partial charge on any atom is -0.432 e. The first-order chi connectivity index (χ1) is 8.16. The summed E-state index contributed by atoms with van der Waals surface area (Å²) in [5, 5.41) is 0. The van der Waals surface area contributed by atoms with Crippen molar-refractivity contribution in [2.75, 3.05) is 13.9 Å². The van der Waals surface area contributed by atoms with Crippen LogP contribution in [0.3, 0.4) is 0 Å². The largest absolute Gasteiger partial charge is 0.432 e. The molecule has 0 aromatic rings. The second-order valence-corrected chi connectivity index (χ2v) is 4.36. The lowest BCUT2D eigenvalue weighted by atomic mass is 10.0. The number of rotatable bonds is 4. The van der Waals surface area contributed by atoms with Crippen molar-refractivity contribution in [3.8, 4) is 0 Å². The number of methoxy groups -OCH3 is 1. The van der Waals surface area contributed by atoms with E-state index in [1.54, 1.807) is 13.2 Å². The lowest BCUT2D eigenvalue weighted by Gasteiger charge is -2.30. The van der Waals surface area contributed by atoms with Crippen molar-refractivity contribution in [1.29, 1.82) is 0 Å². The van der Waals surface area contributed by atoms with Gasteiger partial charge in [0.25, 0.3) is 0 Å². The molecule has 1 unspecified atom stereocenters. The standard InChI is InChI=1S/C12H18O5/c1-9(13)16-11-5-7-12(17-11)6-3-4-10(12)15-8-14-2/h5,7,10-11H,3-4,6,8H2,1-2H3/t10-,11?,12-/m0/s1. The van der Waals surface area contributed by atoms with E-state index in [9.17, 15) is 4.79 Å². The van der Waals surface area contributed by atoms with Gasteiger partial charge in [0.2, 0.25) is 6.29 Å². The van der Waals surface area contributed by atoms with Crippen molar-refractivity contribution in [1.82, 2.24) is 0 Å². The third kappa shape index (κ3) is 2.68. The van der Waals surface area contributed by atoms with Crippen LogP contribution in [0.25, 0.3) is 0 Å². The van der Waals surface area contributed by atoms with Crippen molar-refractivity contribution in [2.24, 2.45) is 0 Å². The van der Waals surface area contributed by atoms with Gasteiger partial charge < -0.3 is 18.9 Å². The van der Waals surface area contributed by atoms with Gasteiger partial charge in [-0.25, -0.2) is 0 Å². The van der Waals surface area contributed by atoms with Gasteiger partial charge >= 0.3 is 5.97 Å². The van der Waals surface area contributed by atoms with E-state index in [1.165, 1.54) is 6.92 Å². The van der Waals surface area contributed by atoms with Gasteiger partial charge in [0.05, 0.1) is 6.10 Å². The summed E-state index contributed by atoms with van der Waals surface area (Å²) in [7, 11) is 1.59. The van der Waals surface area contributed by atoms with Gasteiger partial charge in [0.1, 0.15) is 12.4 Å². The maximum Gasteiger partial charge on any atom is 0.305 e. The van der Waals surface area contributed by atoms with Crippen LogP contribution in [0.4, 0.5) is 0 Å². The van der Waals surface area contributed by atoms with Crippen LogP contribution < -0.4 is 0 Å².